The molecule has 0 spiro atoms. The molecule has 0 unspecified atom stereocenters. The van der Waals surface area contributed by atoms with E-state index in [9.17, 15) is 14.9 Å². The number of nitrogens with zero attached hydrogens (tertiary/aromatic N) is 2. The maximum absolute atomic E-state index is 14.2. The minimum absolute atomic E-state index is 0.0455. The van der Waals surface area contributed by atoms with E-state index in [1.807, 2.05) is 60.9 Å². The summed E-state index contributed by atoms with van der Waals surface area (Å²) in [5, 5.41) is 13.5. The van der Waals surface area contributed by atoms with Crippen LogP contribution < -0.4 is 4.90 Å². The molecule has 7 heteroatoms. The summed E-state index contributed by atoms with van der Waals surface area (Å²) in [6.07, 6.45) is 3.71. The molecule has 156 valence electrons. The maximum atomic E-state index is 14.2. The van der Waals surface area contributed by atoms with E-state index < -0.39 is 10.3 Å². The Balaban J connectivity index is 1.81. The molecule has 0 aliphatic carbocycles. The molecule has 0 radical (unpaired) electrons. The highest BCUT2D eigenvalue weighted by molar-refractivity contribution is 6.16. The lowest BCUT2D eigenvalue weighted by Gasteiger charge is -2.28. The maximum Gasteiger partial charge on any atom is 0.269 e. The number of hydrogen-bond donors (Lipinski definition) is 2. The number of likely N-dealkylation sites (N-methyl/N-ethyl adjacent to an activating group) is 1. The third-order valence-electron chi connectivity index (χ3n) is 6.57. The van der Waals surface area contributed by atoms with Crippen molar-refractivity contribution in [1.29, 1.82) is 0 Å². The van der Waals surface area contributed by atoms with E-state index >= 15 is 0 Å². The standard InChI is InChI=1S/C25H18N4O3/c1-28-23-11-10-15(29(31)32)12-18(23)25(24(28)30,19-13-26-21-8-4-2-6-16(19)21)20-14-27-22-9-5-3-7-17(20)22/h2-14,26-27H,1H3. The number of non-ortho nitro benzene ring substituents is 1. The number of amides is 1. The number of anilines is 1. The fourth-order valence-corrected chi connectivity index (χ4v) is 5.14. The van der Waals surface area contributed by atoms with Crippen LogP contribution in [0.15, 0.2) is 79.1 Å². The summed E-state index contributed by atoms with van der Waals surface area (Å²) >= 11 is 0. The van der Waals surface area contributed by atoms with E-state index in [0.717, 1.165) is 32.9 Å². The van der Waals surface area contributed by atoms with Gasteiger partial charge in [0.1, 0.15) is 5.41 Å². The summed E-state index contributed by atoms with van der Waals surface area (Å²) < 4.78 is 0. The van der Waals surface area contributed by atoms with Crippen LogP contribution in [0.4, 0.5) is 11.4 Å². The Morgan fingerprint density at radius 3 is 1.97 bits per heavy atom. The number of nitro benzene ring substituents is 1. The zero-order chi connectivity index (χ0) is 22.0. The van der Waals surface area contributed by atoms with Crippen molar-refractivity contribution in [1.82, 2.24) is 9.97 Å². The van der Waals surface area contributed by atoms with Crippen molar-refractivity contribution in [3.8, 4) is 0 Å². The topological polar surface area (TPSA) is 95.0 Å². The lowest BCUT2D eigenvalue weighted by Crippen LogP contribution is -2.40. The average Bonchev–Trinajstić information content (AvgIpc) is 3.49. The SMILES string of the molecule is CN1C(=O)C(c2c[nH]c3ccccc23)(c2c[nH]c3ccccc23)c2cc([N+](=O)[O-])ccc21. The zero-order valence-corrected chi connectivity index (χ0v) is 17.1. The molecular formula is C25H18N4O3. The molecule has 0 fully saturated rings. The van der Waals surface area contributed by atoms with Crippen molar-refractivity contribution in [2.45, 2.75) is 5.41 Å². The van der Waals surface area contributed by atoms with Crippen molar-refractivity contribution in [2.24, 2.45) is 0 Å². The lowest BCUT2D eigenvalue weighted by molar-refractivity contribution is -0.384. The van der Waals surface area contributed by atoms with Gasteiger partial charge in [0.2, 0.25) is 5.91 Å². The molecule has 0 saturated heterocycles. The first kappa shape index (κ1) is 18.4. The molecule has 7 nitrogen and oxygen atoms in total. The zero-order valence-electron chi connectivity index (χ0n) is 17.1. The van der Waals surface area contributed by atoms with Gasteiger partial charge in [-0.15, -0.1) is 0 Å². The number of H-pyrrole nitrogens is 2. The number of benzene rings is 3. The highest BCUT2D eigenvalue weighted by atomic mass is 16.6. The number of rotatable bonds is 3. The number of para-hydroxylation sites is 2. The first-order chi connectivity index (χ1) is 15.5. The number of nitro groups is 1. The number of aromatic amines is 2. The third kappa shape index (κ3) is 2.17. The van der Waals surface area contributed by atoms with Crippen molar-refractivity contribution in [2.75, 3.05) is 11.9 Å². The Hall–Kier alpha value is -4.39. The Labute approximate surface area is 182 Å². The van der Waals surface area contributed by atoms with E-state index in [0.29, 0.717) is 11.3 Å². The van der Waals surface area contributed by atoms with Gasteiger partial charge >= 0.3 is 0 Å². The number of hydrogen-bond acceptors (Lipinski definition) is 3. The molecular weight excluding hydrogens is 404 g/mol. The normalized spacial score (nSPS) is 14.9. The van der Waals surface area contributed by atoms with Crippen LogP contribution in [0.3, 0.4) is 0 Å². The van der Waals surface area contributed by atoms with Gasteiger partial charge in [-0.1, -0.05) is 36.4 Å². The molecule has 0 atom stereocenters. The summed E-state index contributed by atoms with van der Waals surface area (Å²) in [6.45, 7) is 0. The first-order valence-electron chi connectivity index (χ1n) is 10.2. The highest BCUT2D eigenvalue weighted by Gasteiger charge is 2.55. The van der Waals surface area contributed by atoms with Gasteiger partial charge in [0, 0.05) is 75.8 Å². The number of carbonyl (C=O) groups is 1. The molecule has 3 heterocycles. The van der Waals surface area contributed by atoms with Crippen LogP contribution in [-0.4, -0.2) is 27.8 Å². The van der Waals surface area contributed by atoms with Crippen LogP contribution in [0.5, 0.6) is 0 Å². The van der Waals surface area contributed by atoms with Gasteiger partial charge in [0.05, 0.1) is 4.92 Å². The average molecular weight is 422 g/mol. The summed E-state index contributed by atoms with van der Waals surface area (Å²) in [6, 6.07) is 20.2. The Kier molecular flexibility index (Phi) is 3.62. The lowest BCUT2D eigenvalue weighted by atomic mass is 9.70. The monoisotopic (exact) mass is 422 g/mol. The summed E-state index contributed by atoms with van der Waals surface area (Å²) in [7, 11) is 1.72. The molecule has 2 aromatic heterocycles. The van der Waals surface area contributed by atoms with Gasteiger partial charge in [-0.2, -0.15) is 0 Å². The summed E-state index contributed by atoms with van der Waals surface area (Å²) in [4.78, 5) is 33.6. The Morgan fingerprint density at radius 1 is 0.844 bits per heavy atom. The van der Waals surface area contributed by atoms with Crippen LogP contribution >= 0.6 is 0 Å². The second kappa shape index (κ2) is 6.31. The molecule has 32 heavy (non-hydrogen) atoms. The highest BCUT2D eigenvalue weighted by Crippen LogP contribution is 2.53. The second-order valence-corrected chi connectivity index (χ2v) is 8.07. The minimum atomic E-state index is -1.24. The predicted molar refractivity (Wildman–Crippen MR) is 123 cm³/mol. The number of fused-ring (bicyclic) bond motifs is 3. The van der Waals surface area contributed by atoms with Crippen LogP contribution in [0.2, 0.25) is 0 Å². The van der Waals surface area contributed by atoms with E-state index in [1.54, 1.807) is 24.1 Å². The van der Waals surface area contributed by atoms with Crippen molar-refractivity contribution in [3.05, 3.63) is 106 Å². The van der Waals surface area contributed by atoms with Gasteiger partial charge in [-0.25, -0.2) is 0 Å². The van der Waals surface area contributed by atoms with E-state index in [4.69, 9.17) is 0 Å². The molecule has 0 bridgehead atoms. The van der Waals surface area contributed by atoms with Crippen LogP contribution in [0.1, 0.15) is 16.7 Å². The summed E-state index contributed by atoms with van der Waals surface area (Å²) in [5.74, 6) is -0.150. The van der Waals surface area contributed by atoms with E-state index in [-0.39, 0.29) is 11.6 Å². The van der Waals surface area contributed by atoms with E-state index in [2.05, 4.69) is 9.97 Å². The number of aromatic nitrogens is 2. The quantitative estimate of drug-likeness (QED) is 0.321. The molecule has 3 aromatic carbocycles. The van der Waals surface area contributed by atoms with Crippen LogP contribution in [0, 0.1) is 10.1 Å². The van der Waals surface area contributed by atoms with Gasteiger partial charge in [0.15, 0.2) is 0 Å². The fourth-order valence-electron chi connectivity index (χ4n) is 5.14. The Bertz CT molecular complexity index is 1490. The molecule has 5 aromatic rings. The summed E-state index contributed by atoms with van der Waals surface area (Å²) in [5.41, 5.74) is 3.32. The first-order valence-corrected chi connectivity index (χ1v) is 10.2. The van der Waals surface area contributed by atoms with Gasteiger partial charge in [-0.3, -0.25) is 14.9 Å². The molecule has 1 amide bonds. The molecule has 1 aliphatic heterocycles. The van der Waals surface area contributed by atoms with Crippen LogP contribution in [0.25, 0.3) is 21.8 Å². The fraction of sp³-hybridized carbons (Fsp3) is 0.0800. The minimum Gasteiger partial charge on any atom is -0.361 e. The molecule has 2 N–H and O–H groups in total. The van der Waals surface area contributed by atoms with Crippen molar-refractivity contribution < 1.29 is 9.72 Å². The largest absolute Gasteiger partial charge is 0.361 e. The van der Waals surface area contributed by atoms with Gasteiger partial charge < -0.3 is 14.9 Å². The van der Waals surface area contributed by atoms with Gasteiger partial charge in [-0.05, 0) is 18.2 Å². The molecule has 6 rings (SSSR count). The number of nitrogens with one attached hydrogen (secondary N) is 2. The predicted octanol–water partition coefficient (Wildman–Crippen LogP) is 4.87. The third-order valence-corrected chi connectivity index (χ3v) is 6.57. The second-order valence-electron chi connectivity index (χ2n) is 8.07. The van der Waals surface area contributed by atoms with E-state index in [1.165, 1.54) is 6.07 Å². The van der Waals surface area contributed by atoms with Crippen molar-refractivity contribution in [3.63, 3.8) is 0 Å². The van der Waals surface area contributed by atoms with Gasteiger partial charge in [0.25, 0.3) is 5.69 Å². The molecule has 0 saturated carbocycles. The smallest absolute Gasteiger partial charge is 0.269 e. The number of carbonyl (C=O) groups excluding carboxylic acids is 1. The van der Waals surface area contributed by atoms with Crippen LogP contribution in [-0.2, 0) is 10.2 Å². The van der Waals surface area contributed by atoms with Crippen molar-refractivity contribution >= 4 is 39.1 Å². The Morgan fingerprint density at radius 2 is 1.41 bits per heavy atom. The molecule has 1 aliphatic rings.